The number of likely N-dealkylation sites (tertiary alicyclic amines) is 1. The number of urea groups is 1. The fourth-order valence-electron chi connectivity index (χ4n) is 2.66. The fraction of sp³-hybridized carbons (Fsp3) is 0.357. The molecule has 0 saturated carbocycles. The van der Waals surface area contributed by atoms with E-state index in [0.717, 1.165) is 24.2 Å². The summed E-state index contributed by atoms with van der Waals surface area (Å²) >= 11 is 0. The summed E-state index contributed by atoms with van der Waals surface area (Å²) in [5.74, 6) is 0.572. The number of nitrogens with zero attached hydrogens (tertiary/aromatic N) is 1. The lowest BCUT2D eigenvalue weighted by Crippen LogP contribution is -2.39. The molecule has 2 amide bonds. The van der Waals surface area contributed by atoms with Gasteiger partial charge in [0.05, 0.1) is 6.04 Å². The van der Waals surface area contributed by atoms with Gasteiger partial charge in [-0.15, -0.1) is 0 Å². The van der Waals surface area contributed by atoms with E-state index in [4.69, 9.17) is 0 Å². The van der Waals surface area contributed by atoms with E-state index in [9.17, 15) is 4.79 Å². The predicted molar refractivity (Wildman–Crippen MR) is 67.9 cm³/mol. The van der Waals surface area contributed by atoms with E-state index in [0.29, 0.717) is 12.0 Å². The maximum Gasteiger partial charge on any atom is 0.322 e. The number of anilines is 1. The zero-order chi connectivity index (χ0) is 11.8. The van der Waals surface area contributed by atoms with Crippen LogP contribution in [-0.4, -0.2) is 23.5 Å². The number of rotatable bonds is 1. The number of aryl methyl sites for hydroxylation is 1. The van der Waals surface area contributed by atoms with Gasteiger partial charge in [-0.2, -0.15) is 0 Å². The summed E-state index contributed by atoms with van der Waals surface area (Å²) < 4.78 is 0. The van der Waals surface area contributed by atoms with Gasteiger partial charge in [-0.25, -0.2) is 4.79 Å². The molecule has 1 heterocycles. The number of carbonyl (C=O) groups is 1. The van der Waals surface area contributed by atoms with Crippen LogP contribution in [0.4, 0.5) is 10.5 Å². The number of hydrogen-bond acceptors (Lipinski definition) is 1. The molecule has 0 unspecified atom stereocenters. The first-order chi connectivity index (χ1) is 8.22. The highest BCUT2D eigenvalue weighted by Crippen LogP contribution is 2.31. The molecule has 1 fully saturated rings. The van der Waals surface area contributed by atoms with Crippen molar-refractivity contribution in [3.63, 3.8) is 0 Å². The quantitative estimate of drug-likeness (QED) is 0.736. The molecule has 0 spiro atoms. The number of benzene rings is 1. The first-order valence-corrected chi connectivity index (χ1v) is 6.05. The van der Waals surface area contributed by atoms with Crippen molar-refractivity contribution in [2.75, 3.05) is 11.9 Å². The van der Waals surface area contributed by atoms with Crippen LogP contribution in [-0.2, 0) is 0 Å². The van der Waals surface area contributed by atoms with Crippen LogP contribution in [0.1, 0.15) is 12.0 Å². The van der Waals surface area contributed by atoms with Crippen LogP contribution >= 0.6 is 0 Å². The summed E-state index contributed by atoms with van der Waals surface area (Å²) in [6.07, 6.45) is 5.46. The van der Waals surface area contributed by atoms with Crippen molar-refractivity contribution in [2.45, 2.75) is 19.4 Å². The molecule has 17 heavy (non-hydrogen) atoms. The van der Waals surface area contributed by atoms with Crippen LogP contribution in [0, 0.1) is 12.8 Å². The highest BCUT2D eigenvalue weighted by Gasteiger charge is 2.36. The fourth-order valence-corrected chi connectivity index (χ4v) is 2.66. The Morgan fingerprint density at radius 1 is 1.41 bits per heavy atom. The van der Waals surface area contributed by atoms with Crippen LogP contribution in [0.25, 0.3) is 0 Å². The van der Waals surface area contributed by atoms with E-state index < -0.39 is 0 Å². The van der Waals surface area contributed by atoms with Crippen LogP contribution in [0.15, 0.2) is 36.4 Å². The third-order valence-corrected chi connectivity index (χ3v) is 3.51. The molecule has 1 saturated heterocycles. The molecule has 3 heteroatoms. The molecule has 3 rings (SSSR count). The second kappa shape index (κ2) is 3.91. The normalized spacial score (nSPS) is 25.4. The third-order valence-electron chi connectivity index (χ3n) is 3.51. The predicted octanol–water partition coefficient (Wildman–Crippen LogP) is 2.79. The Bertz CT molecular complexity index is 481. The van der Waals surface area contributed by atoms with E-state index in [-0.39, 0.29) is 6.03 Å². The average Bonchev–Trinajstić information content (AvgIpc) is 2.90. The molecule has 1 N–H and O–H groups in total. The number of fused-ring (bicyclic) bond motifs is 2. The molecule has 2 bridgehead atoms. The van der Waals surface area contributed by atoms with Gasteiger partial charge < -0.3 is 10.2 Å². The molecular formula is C14H16N2O. The molecule has 1 aliphatic carbocycles. The van der Waals surface area contributed by atoms with Crippen molar-refractivity contribution in [3.8, 4) is 0 Å². The van der Waals surface area contributed by atoms with Crippen molar-refractivity contribution in [2.24, 2.45) is 5.92 Å². The van der Waals surface area contributed by atoms with Crippen molar-refractivity contribution < 1.29 is 4.79 Å². The molecule has 2 atom stereocenters. The molecule has 1 aromatic carbocycles. The lowest BCUT2D eigenvalue weighted by molar-refractivity contribution is 0.212. The van der Waals surface area contributed by atoms with Gasteiger partial charge in [-0.1, -0.05) is 24.3 Å². The molecule has 88 valence electrons. The van der Waals surface area contributed by atoms with Crippen molar-refractivity contribution in [1.29, 1.82) is 0 Å². The summed E-state index contributed by atoms with van der Waals surface area (Å²) in [7, 11) is 0. The van der Waals surface area contributed by atoms with Gasteiger partial charge in [0.1, 0.15) is 0 Å². The van der Waals surface area contributed by atoms with Gasteiger partial charge in [0.15, 0.2) is 0 Å². The van der Waals surface area contributed by atoms with E-state index in [2.05, 4.69) is 17.5 Å². The van der Waals surface area contributed by atoms with E-state index in [1.54, 1.807) is 0 Å². The molecule has 1 aromatic rings. The van der Waals surface area contributed by atoms with Crippen LogP contribution in [0.2, 0.25) is 0 Å². The lowest BCUT2D eigenvalue weighted by Gasteiger charge is -2.24. The first kappa shape index (κ1) is 10.4. The molecule has 0 aromatic heterocycles. The van der Waals surface area contributed by atoms with Crippen LogP contribution < -0.4 is 5.32 Å². The minimum absolute atomic E-state index is 0.0208. The molecule has 0 radical (unpaired) electrons. The maximum atomic E-state index is 12.1. The van der Waals surface area contributed by atoms with Crippen molar-refractivity contribution >= 4 is 11.7 Å². The van der Waals surface area contributed by atoms with E-state index >= 15 is 0 Å². The van der Waals surface area contributed by atoms with Gasteiger partial charge in [-0.05, 0) is 37.0 Å². The van der Waals surface area contributed by atoms with E-state index in [1.165, 1.54) is 0 Å². The maximum absolute atomic E-state index is 12.1. The summed E-state index contributed by atoms with van der Waals surface area (Å²) in [6.45, 7) is 2.88. The average molecular weight is 228 g/mol. The highest BCUT2D eigenvalue weighted by atomic mass is 16.2. The Morgan fingerprint density at radius 3 is 2.94 bits per heavy atom. The van der Waals surface area contributed by atoms with Crippen molar-refractivity contribution in [1.82, 2.24) is 4.90 Å². The first-order valence-electron chi connectivity index (χ1n) is 6.05. The largest absolute Gasteiger partial charge is 0.322 e. The third kappa shape index (κ3) is 1.93. The Morgan fingerprint density at radius 2 is 2.29 bits per heavy atom. The van der Waals surface area contributed by atoms with Crippen LogP contribution in [0.3, 0.4) is 0 Å². The van der Waals surface area contributed by atoms with E-state index in [1.807, 2.05) is 36.1 Å². The Labute approximate surface area is 101 Å². The zero-order valence-corrected chi connectivity index (χ0v) is 9.89. The smallest absolute Gasteiger partial charge is 0.317 e. The number of nitrogens with one attached hydrogen (secondary N) is 1. The van der Waals surface area contributed by atoms with Gasteiger partial charge in [0, 0.05) is 12.2 Å². The van der Waals surface area contributed by atoms with Gasteiger partial charge in [0.25, 0.3) is 0 Å². The lowest BCUT2D eigenvalue weighted by atomic mass is 10.2. The van der Waals surface area contributed by atoms with Gasteiger partial charge in [-0.3, -0.25) is 0 Å². The standard InChI is InChI=1S/C14H16N2O/c1-10-3-2-4-12(7-10)15-14(17)16-9-11-5-6-13(16)8-11/h2-7,11,13H,8-9H2,1H3,(H,15,17)/t11-,13-/m0/s1. The monoisotopic (exact) mass is 228 g/mol. The molecule has 1 aliphatic heterocycles. The zero-order valence-electron chi connectivity index (χ0n) is 9.89. The van der Waals surface area contributed by atoms with Gasteiger partial charge >= 0.3 is 6.03 Å². The number of amides is 2. The minimum Gasteiger partial charge on any atom is -0.317 e. The summed E-state index contributed by atoms with van der Waals surface area (Å²) in [5, 5.41) is 2.96. The summed E-state index contributed by atoms with van der Waals surface area (Å²) in [5.41, 5.74) is 2.03. The Hall–Kier alpha value is -1.77. The molecule has 2 aliphatic rings. The molecule has 3 nitrogen and oxygen atoms in total. The Balaban J connectivity index is 1.70. The second-order valence-corrected chi connectivity index (χ2v) is 4.90. The van der Waals surface area contributed by atoms with Gasteiger partial charge in [0.2, 0.25) is 0 Å². The Kier molecular flexibility index (Phi) is 2.39. The summed E-state index contributed by atoms with van der Waals surface area (Å²) in [4.78, 5) is 14.0. The second-order valence-electron chi connectivity index (χ2n) is 4.90. The SMILES string of the molecule is Cc1cccc(NC(=O)N2C[C@H]3C=C[C@H]2C3)c1. The topological polar surface area (TPSA) is 32.3 Å². The summed E-state index contributed by atoms with van der Waals surface area (Å²) in [6, 6.07) is 8.23. The van der Waals surface area contributed by atoms with Crippen molar-refractivity contribution in [3.05, 3.63) is 42.0 Å². The molecular weight excluding hydrogens is 212 g/mol. The minimum atomic E-state index is 0.0208. The highest BCUT2D eigenvalue weighted by molar-refractivity contribution is 5.90. The number of hydrogen-bond donors (Lipinski definition) is 1. The van der Waals surface area contributed by atoms with Crippen LogP contribution in [0.5, 0.6) is 0 Å². The number of carbonyl (C=O) groups excluding carboxylic acids is 1.